The van der Waals surface area contributed by atoms with Crippen LogP contribution in [0.15, 0.2) is 18.2 Å². The second-order valence-corrected chi connectivity index (χ2v) is 4.42. The molecule has 19 heavy (non-hydrogen) atoms. The van der Waals surface area contributed by atoms with Gasteiger partial charge in [0.1, 0.15) is 0 Å². The molecule has 6 nitrogen and oxygen atoms in total. The van der Waals surface area contributed by atoms with Gasteiger partial charge in [-0.3, -0.25) is 14.9 Å². The van der Waals surface area contributed by atoms with Gasteiger partial charge in [-0.15, -0.1) is 0 Å². The molecule has 1 saturated heterocycles. The maximum absolute atomic E-state index is 13.6. The van der Waals surface area contributed by atoms with Crippen LogP contribution >= 0.6 is 0 Å². The number of halogens is 1. The smallest absolute Gasteiger partial charge is 0.295 e. The number of piperidine rings is 1. The van der Waals surface area contributed by atoms with Crippen molar-refractivity contribution in [3.8, 4) is 0 Å². The van der Waals surface area contributed by atoms with Gasteiger partial charge in [0.05, 0.1) is 10.8 Å². The van der Waals surface area contributed by atoms with E-state index in [1.807, 2.05) is 0 Å². The minimum Gasteiger partial charge on any atom is -0.318 e. The fourth-order valence-corrected chi connectivity index (χ4v) is 2.09. The average Bonchev–Trinajstić information content (AvgIpc) is 2.41. The van der Waals surface area contributed by atoms with Crippen LogP contribution in [0.4, 0.5) is 15.8 Å². The first-order valence-corrected chi connectivity index (χ1v) is 6.04. The summed E-state index contributed by atoms with van der Waals surface area (Å²) < 4.78 is 13.6. The number of benzene rings is 1. The van der Waals surface area contributed by atoms with Crippen LogP contribution < -0.4 is 10.6 Å². The highest BCUT2D eigenvalue weighted by Gasteiger charge is 2.25. The van der Waals surface area contributed by atoms with Gasteiger partial charge in [0.25, 0.3) is 5.69 Å². The van der Waals surface area contributed by atoms with Crippen LogP contribution in [0.5, 0.6) is 0 Å². The lowest BCUT2D eigenvalue weighted by Crippen LogP contribution is -2.37. The second-order valence-electron chi connectivity index (χ2n) is 4.42. The molecule has 0 radical (unpaired) electrons. The van der Waals surface area contributed by atoms with Crippen LogP contribution in [0.1, 0.15) is 12.8 Å². The van der Waals surface area contributed by atoms with Crippen molar-refractivity contribution in [1.82, 2.24) is 5.32 Å². The Morgan fingerprint density at radius 1 is 1.53 bits per heavy atom. The normalized spacial score (nSPS) is 18.9. The van der Waals surface area contributed by atoms with E-state index in [2.05, 4.69) is 10.6 Å². The lowest BCUT2D eigenvalue weighted by molar-refractivity contribution is -0.384. The van der Waals surface area contributed by atoms with E-state index < -0.39 is 16.4 Å². The van der Waals surface area contributed by atoms with Crippen molar-refractivity contribution in [2.45, 2.75) is 12.8 Å². The van der Waals surface area contributed by atoms with E-state index in [1.165, 1.54) is 6.07 Å². The number of amides is 1. The molecule has 102 valence electrons. The summed E-state index contributed by atoms with van der Waals surface area (Å²) in [4.78, 5) is 22.1. The molecular weight excluding hydrogens is 253 g/mol. The number of nitrogens with zero attached hydrogens (tertiary/aromatic N) is 1. The van der Waals surface area contributed by atoms with E-state index in [-0.39, 0.29) is 17.5 Å². The predicted molar refractivity (Wildman–Crippen MR) is 67.3 cm³/mol. The Kier molecular flexibility index (Phi) is 4.06. The fraction of sp³-hybridized carbons (Fsp3) is 0.417. The zero-order valence-corrected chi connectivity index (χ0v) is 10.2. The molecule has 1 aromatic carbocycles. The molecule has 0 bridgehead atoms. The van der Waals surface area contributed by atoms with Crippen molar-refractivity contribution in [3.63, 3.8) is 0 Å². The van der Waals surface area contributed by atoms with Gasteiger partial charge in [-0.1, -0.05) is 6.07 Å². The van der Waals surface area contributed by atoms with E-state index >= 15 is 0 Å². The lowest BCUT2D eigenvalue weighted by Gasteiger charge is -2.21. The Hall–Kier alpha value is -2.02. The molecule has 0 spiro atoms. The van der Waals surface area contributed by atoms with Gasteiger partial charge in [0.15, 0.2) is 11.5 Å². The second kappa shape index (κ2) is 5.75. The molecule has 1 aliphatic rings. The number of nitrogens with one attached hydrogen (secondary N) is 2. The Morgan fingerprint density at radius 2 is 2.32 bits per heavy atom. The number of hydrogen-bond acceptors (Lipinski definition) is 4. The molecule has 7 heteroatoms. The summed E-state index contributed by atoms with van der Waals surface area (Å²) in [6.45, 7) is 1.36. The first-order chi connectivity index (χ1) is 9.09. The van der Waals surface area contributed by atoms with Crippen molar-refractivity contribution in [2.75, 3.05) is 18.4 Å². The van der Waals surface area contributed by atoms with E-state index in [0.717, 1.165) is 25.1 Å². The van der Waals surface area contributed by atoms with Crippen molar-refractivity contribution in [3.05, 3.63) is 34.1 Å². The number of carbonyl (C=O) groups is 1. The van der Waals surface area contributed by atoms with Gasteiger partial charge < -0.3 is 10.6 Å². The number of anilines is 1. The molecule has 0 aromatic heterocycles. The third-order valence-corrected chi connectivity index (χ3v) is 3.10. The molecule has 0 aliphatic carbocycles. The molecule has 1 fully saturated rings. The minimum absolute atomic E-state index is 0.284. The van der Waals surface area contributed by atoms with E-state index in [0.29, 0.717) is 13.0 Å². The first-order valence-electron chi connectivity index (χ1n) is 6.04. The molecule has 1 aromatic rings. The largest absolute Gasteiger partial charge is 0.318 e. The molecule has 1 heterocycles. The summed E-state index contributed by atoms with van der Waals surface area (Å²) in [7, 11) is 0. The number of hydrogen-bond donors (Lipinski definition) is 2. The third-order valence-electron chi connectivity index (χ3n) is 3.10. The Morgan fingerprint density at radius 3 is 2.95 bits per heavy atom. The number of para-hydroxylation sites is 1. The number of nitro groups is 1. The maximum Gasteiger partial charge on any atom is 0.295 e. The number of rotatable bonds is 3. The van der Waals surface area contributed by atoms with Crippen LogP contribution in [0, 0.1) is 21.8 Å². The maximum atomic E-state index is 13.6. The summed E-state index contributed by atoms with van der Waals surface area (Å²) in [5.41, 5.74) is -0.791. The topological polar surface area (TPSA) is 84.3 Å². The summed E-state index contributed by atoms with van der Waals surface area (Å²) in [6.07, 6.45) is 1.55. The highest BCUT2D eigenvalue weighted by atomic mass is 19.1. The predicted octanol–water partition coefficient (Wildman–Crippen LogP) is 1.67. The van der Waals surface area contributed by atoms with E-state index in [9.17, 15) is 19.3 Å². The van der Waals surface area contributed by atoms with Crippen LogP contribution in [-0.4, -0.2) is 23.9 Å². The summed E-state index contributed by atoms with van der Waals surface area (Å²) in [5.74, 6) is -1.47. The van der Waals surface area contributed by atoms with Gasteiger partial charge in [0, 0.05) is 12.6 Å². The Bertz CT molecular complexity index is 501. The standard InChI is InChI=1S/C12H14FN3O3/c13-9-4-1-5-10(16(18)19)11(9)15-12(17)8-3-2-6-14-7-8/h1,4-5,8,14H,2-3,6-7H2,(H,15,17)/t8-/m1/s1. The highest BCUT2D eigenvalue weighted by Crippen LogP contribution is 2.27. The quantitative estimate of drug-likeness (QED) is 0.644. The molecule has 2 rings (SSSR count). The summed E-state index contributed by atoms with van der Waals surface area (Å²) in [6, 6.07) is 3.49. The van der Waals surface area contributed by atoms with Gasteiger partial charge in [-0.2, -0.15) is 0 Å². The molecule has 1 aliphatic heterocycles. The number of carbonyl (C=O) groups excluding carboxylic acids is 1. The molecule has 0 saturated carbocycles. The Balaban J connectivity index is 2.18. The summed E-state index contributed by atoms with van der Waals surface area (Å²) in [5, 5.41) is 16.2. The fourth-order valence-electron chi connectivity index (χ4n) is 2.09. The highest BCUT2D eigenvalue weighted by molar-refractivity contribution is 5.95. The Labute approximate surface area is 109 Å². The summed E-state index contributed by atoms with van der Waals surface area (Å²) >= 11 is 0. The third kappa shape index (κ3) is 3.05. The van der Waals surface area contributed by atoms with Gasteiger partial charge in [-0.05, 0) is 25.5 Å². The zero-order chi connectivity index (χ0) is 13.8. The molecule has 2 N–H and O–H groups in total. The lowest BCUT2D eigenvalue weighted by atomic mass is 9.98. The SMILES string of the molecule is O=C(Nc1c(F)cccc1[N+](=O)[O-])[C@@H]1CCCNC1. The van der Waals surface area contributed by atoms with Crippen LogP contribution in [0.3, 0.4) is 0 Å². The molecule has 0 unspecified atom stereocenters. The molecule has 1 atom stereocenters. The molecular formula is C12H14FN3O3. The van der Waals surface area contributed by atoms with Gasteiger partial charge in [-0.25, -0.2) is 4.39 Å². The monoisotopic (exact) mass is 267 g/mol. The van der Waals surface area contributed by atoms with Crippen LogP contribution in [0.25, 0.3) is 0 Å². The van der Waals surface area contributed by atoms with Crippen molar-refractivity contribution in [2.24, 2.45) is 5.92 Å². The van der Waals surface area contributed by atoms with E-state index in [4.69, 9.17) is 0 Å². The zero-order valence-electron chi connectivity index (χ0n) is 10.2. The first kappa shape index (κ1) is 13.4. The minimum atomic E-state index is -0.800. The average molecular weight is 267 g/mol. The van der Waals surface area contributed by atoms with Crippen molar-refractivity contribution >= 4 is 17.3 Å². The van der Waals surface area contributed by atoms with E-state index in [1.54, 1.807) is 0 Å². The van der Waals surface area contributed by atoms with Crippen molar-refractivity contribution < 1.29 is 14.1 Å². The number of nitro benzene ring substituents is 1. The molecule has 1 amide bonds. The van der Waals surface area contributed by atoms with Crippen molar-refractivity contribution in [1.29, 1.82) is 0 Å². The van der Waals surface area contributed by atoms with Crippen LogP contribution in [-0.2, 0) is 4.79 Å². The van der Waals surface area contributed by atoms with Crippen LogP contribution in [0.2, 0.25) is 0 Å². The van der Waals surface area contributed by atoms with Gasteiger partial charge >= 0.3 is 0 Å². The van der Waals surface area contributed by atoms with Gasteiger partial charge in [0.2, 0.25) is 5.91 Å².